The molecule has 0 saturated carbocycles. The molecule has 3 N–H and O–H groups in total. The summed E-state index contributed by atoms with van der Waals surface area (Å²) in [6, 6.07) is 22.0. The van der Waals surface area contributed by atoms with Crippen molar-refractivity contribution in [3.63, 3.8) is 0 Å². The van der Waals surface area contributed by atoms with Gasteiger partial charge in [-0.25, -0.2) is 4.79 Å². The number of imide groups is 1. The van der Waals surface area contributed by atoms with Gasteiger partial charge < -0.3 is 15.4 Å². The normalized spacial score (nSPS) is 17.3. The Morgan fingerprint density at radius 3 is 2.04 bits per heavy atom. The molecule has 1 aliphatic heterocycles. The van der Waals surface area contributed by atoms with Gasteiger partial charge in [-0.2, -0.15) is 0 Å². The van der Waals surface area contributed by atoms with Gasteiger partial charge in [-0.3, -0.25) is 29.3 Å². The smallest absolute Gasteiger partial charge is 0.337 e. The van der Waals surface area contributed by atoms with Crippen LogP contribution >= 0.6 is 0 Å². The number of rotatable bonds is 12. The fourth-order valence-corrected chi connectivity index (χ4v) is 5.28. The lowest BCUT2D eigenvalue weighted by Gasteiger charge is -2.26. The van der Waals surface area contributed by atoms with Crippen molar-refractivity contribution in [3.05, 3.63) is 102 Å². The van der Waals surface area contributed by atoms with Crippen molar-refractivity contribution in [1.82, 2.24) is 16.0 Å². The van der Waals surface area contributed by atoms with Gasteiger partial charge in [0.15, 0.2) is 5.78 Å². The molecule has 10 nitrogen and oxygen atoms in total. The monoisotopic (exact) mass is 623 g/mol. The molecule has 0 spiro atoms. The summed E-state index contributed by atoms with van der Waals surface area (Å²) in [5.74, 6) is -5.74. The summed E-state index contributed by atoms with van der Waals surface area (Å²) in [6.45, 7) is 4.95. The second kappa shape index (κ2) is 15.1. The number of Topliss-reactive ketones (excluding diaryl/α,β-unsaturated/α-hetero) is 1. The second-order valence-corrected chi connectivity index (χ2v) is 11.5. The van der Waals surface area contributed by atoms with Crippen LogP contribution in [0.4, 0.5) is 0 Å². The average molecular weight is 624 g/mol. The van der Waals surface area contributed by atoms with Crippen LogP contribution in [-0.4, -0.2) is 48.5 Å². The van der Waals surface area contributed by atoms with Gasteiger partial charge in [0.05, 0.1) is 37.1 Å². The molecule has 3 aromatic rings. The molecule has 4 atom stereocenters. The number of hydrogen-bond acceptors (Lipinski definition) is 7. The number of carbonyl (C=O) groups is 6. The number of nitrogens with one attached hydrogen (secondary N) is 3. The summed E-state index contributed by atoms with van der Waals surface area (Å²) < 4.78 is 4.76. The van der Waals surface area contributed by atoms with Crippen molar-refractivity contribution < 1.29 is 33.5 Å². The van der Waals surface area contributed by atoms with Crippen LogP contribution in [0.1, 0.15) is 54.7 Å². The molecule has 1 aliphatic rings. The van der Waals surface area contributed by atoms with Crippen molar-refractivity contribution in [3.8, 4) is 11.1 Å². The summed E-state index contributed by atoms with van der Waals surface area (Å²) >= 11 is 0. The van der Waals surface area contributed by atoms with Gasteiger partial charge in [0, 0.05) is 6.08 Å². The maximum absolute atomic E-state index is 13.3. The number of carbonyl (C=O) groups excluding carboxylic acids is 6. The zero-order valence-corrected chi connectivity index (χ0v) is 26.1. The molecule has 1 saturated heterocycles. The van der Waals surface area contributed by atoms with E-state index in [4.69, 9.17) is 4.74 Å². The van der Waals surface area contributed by atoms with E-state index in [1.807, 2.05) is 54.6 Å². The van der Waals surface area contributed by atoms with Crippen molar-refractivity contribution in [2.75, 3.05) is 7.11 Å². The van der Waals surface area contributed by atoms with Crippen LogP contribution < -0.4 is 16.0 Å². The van der Waals surface area contributed by atoms with Gasteiger partial charge in [0.25, 0.3) is 0 Å². The fraction of sp³-hybridized carbons (Fsp3) is 0.278. The number of ketones is 1. The first-order valence-electron chi connectivity index (χ1n) is 15.0. The molecule has 0 radical (unpaired) electrons. The molecule has 1 heterocycles. The van der Waals surface area contributed by atoms with Gasteiger partial charge in [-0.05, 0) is 46.4 Å². The summed E-state index contributed by atoms with van der Waals surface area (Å²) in [5, 5.41) is 7.73. The van der Waals surface area contributed by atoms with Crippen LogP contribution in [0.3, 0.4) is 0 Å². The number of hydrogen-bond donors (Lipinski definition) is 3. The van der Waals surface area contributed by atoms with E-state index in [1.54, 1.807) is 32.1 Å². The molecule has 0 bridgehead atoms. The third kappa shape index (κ3) is 8.20. The minimum atomic E-state index is -1.20. The lowest BCUT2D eigenvalue weighted by molar-refractivity contribution is -0.137. The molecule has 4 amide bonds. The molecule has 238 valence electrons. The molecule has 0 aliphatic carbocycles. The van der Waals surface area contributed by atoms with Crippen molar-refractivity contribution in [1.29, 1.82) is 0 Å². The Morgan fingerprint density at radius 1 is 0.848 bits per heavy atom. The third-order valence-corrected chi connectivity index (χ3v) is 7.92. The van der Waals surface area contributed by atoms with Crippen LogP contribution in [0.15, 0.2) is 84.9 Å². The number of esters is 1. The molecule has 3 aromatic carbocycles. The van der Waals surface area contributed by atoms with E-state index < -0.39 is 59.3 Å². The Labute approximate surface area is 267 Å². The predicted molar refractivity (Wildman–Crippen MR) is 172 cm³/mol. The van der Waals surface area contributed by atoms with Crippen molar-refractivity contribution in [2.45, 2.75) is 39.3 Å². The minimum absolute atomic E-state index is 0.245. The minimum Gasteiger partial charge on any atom is -0.465 e. The topological polar surface area (TPSA) is 148 Å². The van der Waals surface area contributed by atoms with E-state index in [1.165, 1.54) is 32.2 Å². The lowest BCUT2D eigenvalue weighted by atomic mass is 9.85. The Bertz CT molecular complexity index is 1630. The SMILES string of the molecule is COC(=O)c1ccc(C(CC(=O)N[C@H](C(=O)[C@@H]2C(=O)NC(=O)[C@H]2C)C(C)C)NC(=O)/C=C/c2ccc(-c3ccccc3)cc2)cc1. The summed E-state index contributed by atoms with van der Waals surface area (Å²) in [7, 11) is 1.27. The first-order valence-corrected chi connectivity index (χ1v) is 15.0. The number of ether oxygens (including phenoxy) is 1. The Balaban J connectivity index is 1.50. The van der Waals surface area contributed by atoms with E-state index >= 15 is 0 Å². The van der Waals surface area contributed by atoms with Gasteiger partial charge >= 0.3 is 5.97 Å². The third-order valence-electron chi connectivity index (χ3n) is 7.92. The van der Waals surface area contributed by atoms with Crippen LogP contribution in [0, 0.1) is 17.8 Å². The quantitative estimate of drug-likeness (QED) is 0.120. The fourth-order valence-electron chi connectivity index (χ4n) is 5.28. The molecule has 10 heteroatoms. The first kappa shape index (κ1) is 33.5. The average Bonchev–Trinajstić information content (AvgIpc) is 3.32. The highest BCUT2D eigenvalue weighted by Crippen LogP contribution is 2.24. The maximum Gasteiger partial charge on any atom is 0.337 e. The maximum atomic E-state index is 13.3. The Morgan fingerprint density at radius 2 is 1.48 bits per heavy atom. The Hall–Kier alpha value is -5.38. The van der Waals surface area contributed by atoms with E-state index in [0.717, 1.165) is 16.7 Å². The number of methoxy groups -OCH3 is 1. The number of benzene rings is 3. The largest absolute Gasteiger partial charge is 0.465 e. The summed E-state index contributed by atoms with van der Waals surface area (Å²) in [5.41, 5.74) is 3.75. The van der Waals surface area contributed by atoms with Crippen molar-refractivity contribution >= 4 is 41.5 Å². The molecule has 0 aromatic heterocycles. The molecular weight excluding hydrogens is 586 g/mol. The van der Waals surface area contributed by atoms with E-state index in [0.29, 0.717) is 11.1 Å². The van der Waals surface area contributed by atoms with Crippen molar-refractivity contribution in [2.24, 2.45) is 17.8 Å². The molecular formula is C36H37N3O7. The van der Waals surface area contributed by atoms with E-state index in [-0.39, 0.29) is 12.3 Å². The predicted octanol–water partition coefficient (Wildman–Crippen LogP) is 4.02. The molecule has 46 heavy (non-hydrogen) atoms. The number of amides is 4. The summed E-state index contributed by atoms with van der Waals surface area (Å²) in [6.07, 6.45) is 2.78. The van der Waals surface area contributed by atoms with Gasteiger partial charge in [-0.1, -0.05) is 87.5 Å². The van der Waals surface area contributed by atoms with Gasteiger partial charge in [0.1, 0.15) is 5.92 Å². The van der Waals surface area contributed by atoms with E-state index in [9.17, 15) is 28.8 Å². The van der Waals surface area contributed by atoms with E-state index in [2.05, 4.69) is 16.0 Å². The Kier molecular flexibility index (Phi) is 11.0. The highest BCUT2D eigenvalue weighted by atomic mass is 16.5. The highest BCUT2D eigenvalue weighted by molar-refractivity contribution is 6.16. The summed E-state index contributed by atoms with van der Waals surface area (Å²) in [4.78, 5) is 76.0. The highest BCUT2D eigenvalue weighted by Gasteiger charge is 2.46. The van der Waals surface area contributed by atoms with Crippen LogP contribution in [-0.2, 0) is 28.7 Å². The molecule has 1 unspecified atom stereocenters. The van der Waals surface area contributed by atoms with Gasteiger partial charge in [-0.15, -0.1) is 0 Å². The van der Waals surface area contributed by atoms with Crippen LogP contribution in [0.2, 0.25) is 0 Å². The van der Waals surface area contributed by atoms with Crippen LogP contribution in [0.25, 0.3) is 17.2 Å². The molecule has 4 rings (SSSR count). The first-order chi connectivity index (χ1) is 22.0. The zero-order chi connectivity index (χ0) is 33.4. The van der Waals surface area contributed by atoms with Crippen LogP contribution in [0.5, 0.6) is 0 Å². The van der Waals surface area contributed by atoms with Gasteiger partial charge in [0.2, 0.25) is 23.6 Å². The second-order valence-electron chi connectivity index (χ2n) is 11.5. The zero-order valence-electron chi connectivity index (χ0n) is 26.1. The lowest BCUT2D eigenvalue weighted by Crippen LogP contribution is -2.49. The standard InChI is InChI=1S/C36H37N3O7/c1-21(2)32(33(42)31-22(3)34(43)39-35(31)44)38-30(41)20-28(26-15-17-27(18-16-26)36(45)46-4)37-29(40)19-12-23-10-13-25(14-11-23)24-8-6-5-7-9-24/h5-19,21-22,28,31-32H,20H2,1-4H3,(H,37,40)(H,38,41)(H,39,43,44)/b19-12+/t22-,28?,31+,32-/m0/s1. The molecule has 1 fully saturated rings.